The number of fused-ring (bicyclic) bond motifs is 1. The van der Waals surface area contributed by atoms with Crippen LogP contribution in [0, 0.1) is 0 Å². The molecule has 3 heteroatoms. The highest BCUT2D eigenvalue weighted by Gasteiger charge is 2.38. The molecule has 1 spiro atoms. The molecular formula is C18H28N2S. The Bertz CT molecular complexity index is 475. The third-order valence-corrected chi connectivity index (χ3v) is 6.90. The number of rotatable bonds is 1. The zero-order valence-electron chi connectivity index (χ0n) is 13.1. The van der Waals surface area contributed by atoms with Crippen LogP contribution in [-0.2, 0) is 6.42 Å². The van der Waals surface area contributed by atoms with E-state index in [-0.39, 0.29) is 0 Å². The highest BCUT2D eigenvalue weighted by Crippen LogP contribution is 2.40. The number of nitrogens with zero attached hydrogens (tertiary/aromatic N) is 1. The van der Waals surface area contributed by atoms with E-state index in [9.17, 15) is 0 Å². The fourth-order valence-corrected chi connectivity index (χ4v) is 5.81. The highest BCUT2D eigenvalue weighted by molar-refractivity contribution is 7.10. The van der Waals surface area contributed by atoms with Crippen molar-refractivity contribution in [3.63, 3.8) is 0 Å². The molecule has 0 radical (unpaired) electrons. The first kappa shape index (κ1) is 14.2. The number of hydrogen-bond acceptors (Lipinski definition) is 3. The van der Waals surface area contributed by atoms with Gasteiger partial charge in [0, 0.05) is 29.5 Å². The van der Waals surface area contributed by atoms with Crippen LogP contribution in [0.15, 0.2) is 11.4 Å². The third kappa shape index (κ3) is 2.80. The lowest BCUT2D eigenvalue weighted by atomic mass is 9.80. The zero-order chi connectivity index (χ0) is 14.1. The first-order valence-corrected chi connectivity index (χ1v) is 9.80. The van der Waals surface area contributed by atoms with E-state index in [1.165, 1.54) is 77.4 Å². The molecule has 116 valence electrons. The molecular weight excluding hydrogens is 276 g/mol. The predicted octanol–water partition coefficient (Wildman–Crippen LogP) is 4.12. The molecule has 4 rings (SSSR count). The van der Waals surface area contributed by atoms with Crippen molar-refractivity contribution in [2.24, 2.45) is 0 Å². The lowest BCUT2D eigenvalue weighted by Gasteiger charge is -2.43. The van der Waals surface area contributed by atoms with Gasteiger partial charge in [-0.2, -0.15) is 0 Å². The van der Waals surface area contributed by atoms with Gasteiger partial charge in [-0.1, -0.05) is 19.3 Å². The Morgan fingerprint density at radius 2 is 2.05 bits per heavy atom. The summed E-state index contributed by atoms with van der Waals surface area (Å²) >= 11 is 1.98. The Morgan fingerprint density at radius 3 is 2.95 bits per heavy atom. The standard InChI is InChI=1S/C18H28N2S/c1-2-9-18(10-3-1)14-20(12-5-11-19-18)16-6-4-7-17-15(16)8-13-21-17/h8,13,16,19H,1-7,9-12,14H2. The van der Waals surface area contributed by atoms with Gasteiger partial charge in [-0.15, -0.1) is 11.3 Å². The van der Waals surface area contributed by atoms with Crippen LogP contribution in [0.3, 0.4) is 0 Å². The Hall–Kier alpha value is -0.380. The van der Waals surface area contributed by atoms with Crippen LogP contribution in [0.2, 0.25) is 0 Å². The van der Waals surface area contributed by atoms with Crippen molar-refractivity contribution in [1.29, 1.82) is 0 Å². The lowest BCUT2D eigenvalue weighted by molar-refractivity contribution is 0.118. The molecule has 1 aromatic rings. The molecule has 2 aliphatic carbocycles. The largest absolute Gasteiger partial charge is 0.310 e. The van der Waals surface area contributed by atoms with Gasteiger partial charge in [0.05, 0.1) is 0 Å². The van der Waals surface area contributed by atoms with Crippen LogP contribution in [0.1, 0.15) is 67.8 Å². The van der Waals surface area contributed by atoms with Crippen LogP contribution in [0.5, 0.6) is 0 Å². The molecule has 1 saturated carbocycles. The number of aryl methyl sites for hydroxylation is 1. The van der Waals surface area contributed by atoms with E-state index in [0.29, 0.717) is 11.6 Å². The second-order valence-electron chi connectivity index (χ2n) is 7.30. The minimum Gasteiger partial charge on any atom is -0.310 e. The van der Waals surface area contributed by atoms with Crippen molar-refractivity contribution < 1.29 is 0 Å². The molecule has 3 aliphatic rings. The van der Waals surface area contributed by atoms with E-state index in [0.717, 1.165) is 0 Å². The number of hydrogen-bond donors (Lipinski definition) is 1. The molecule has 1 N–H and O–H groups in total. The van der Waals surface area contributed by atoms with Gasteiger partial charge in [0.25, 0.3) is 0 Å². The predicted molar refractivity (Wildman–Crippen MR) is 90.0 cm³/mol. The molecule has 21 heavy (non-hydrogen) atoms. The molecule has 2 heterocycles. The molecule has 2 nitrogen and oxygen atoms in total. The van der Waals surface area contributed by atoms with E-state index < -0.39 is 0 Å². The molecule has 0 amide bonds. The maximum absolute atomic E-state index is 3.94. The van der Waals surface area contributed by atoms with Gasteiger partial charge >= 0.3 is 0 Å². The van der Waals surface area contributed by atoms with E-state index in [2.05, 4.69) is 21.7 Å². The normalized spacial score (nSPS) is 30.0. The number of nitrogens with one attached hydrogen (secondary N) is 1. The van der Waals surface area contributed by atoms with Crippen molar-refractivity contribution in [2.45, 2.75) is 69.4 Å². The summed E-state index contributed by atoms with van der Waals surface area (Å²) in [6.45, 7) is 3.79. The zero-order valence-corrected chi connectivity index (χ0v) is 13.9. The van der Waals surface area contributed by atoms with Crippen molar-refractivity contribution in [2.75, 3.05) is 19.6 Å². The Morgan fingerprint density at radius 1 is 1.14 bits per heavy atom. The Labute approximate surface area is 132 Å². The van der Waals surface area contributed by atoms with Gasteiger partial charge in [0.2, 0.25) is 0 Å². The molecule has 2 fully saturated rings. The molecule has 1 aromatic heterocycles. The van der Waals surface area contributed by atoms with Crippen molar-refractivity contribution in [1.82, 2.24) is 10.2 Å². The fourth-order valence-electron chi connectivity index (χ4n) is 4.83. The summed E-state index contributed by atoms with van der Waals surface area (Å²) in [7, 11) is 0. The summed E-state index contributed by atoms with van der Waals surface area (Å²) in [6.07, 6.45) is 12.5. The van der Waals surface area contributed by atoms with Gasteiger partial charge in [0.15, 0.2) is 0 Å². The minimum absolute atomic E-state index is 0.433. The number of thiophene rings is 1. The average Bonchev–Trinajstić information content (AvgIpc) is 2.91. The molecule has 0 bridgehead atoms. The van der Waals surface area contributed by atoms with Crippen molar-refractivity contribution in [3.8, 4) is 0 Å². The first-order valence-electron chi connectivity index (χ1n) is 8.92. The quantitative estimate of drug-likeness (QED) is 0.839. The van der Waals surface area contributed by atoms with Crippen LogP contribution in [-0.4, -0.2) is 30.1 Å². The van der Waals surface area contributed by atoms with Crippen LogP contribution in [0.4, 0.5) is 0 Å². The SMILES string of the molecule is c1cc2c(s1)CCCC2N1CCCNC2(CCCCC2)C1. The van der Waals surface area contributed by atoms with Gasteiger partial charge in [-0.3, -0.25) is 4.90 Å². The van der Waals surface area contributed by atoms with E-state index in [4.69, 9.17) is 0 Å². The Kier molecular flexibility index (Phi) is 4.08. The fraction of sp³-hybridized carbons (Fsp3) is 0.778. The first-order chi connectivity index (χ1) is 10.4. The van der Waals surface area contributed by atoms with Crippen LogP contribution in [0.25, 0.3) is 0 Å². The maximum Gasteiger partial charge on any atom is 0.0360 e. The van der Waals surface area contributed by atoms with Crippen molar-refractivity contribution >= 4 is 11.3 Å². The summed E-state index contributed by atoms with van der Waals surface area (Å²) in [5, 5.41) is 6.26. The molecule has 1 atom stereocenters. The lowest BCUT2D eigenvalue weighted by Crippen LogP contribution is -2.53. The molecule has 1 aliphatic heterocycles. The van der Waals surface area contributed by atoms with E-state index in [1.807, 2.05) is 11.3 Å². The smallest absolute Gasteiger partial charge is 0.0360 e. The molecule has 1 unspecified atom stereocenters. The van der Waals surface area contributed by atoms with Crippen molar-refractivity contribution in [3.05, 3.63) is 21.9 Å². The molecule has 0 aromatic carbocycles. The van der Waals surface area contributed by atoms with Crippen LogP contribution < -0.4 is 5.32 Å². The van der Waals surface area contributed by atoms with E-state index in [1.54, 1.807) is 10.4 Å². The topological polar surface area (TPSA) is 15.3 Å². The van der Waals surface area contributed by atoms with E-state index >= 15 is 0 Å². The summed E-state index contributed by atoms with van der Waals surface area (Å²) < 4.78 is 0. The summed E-state index contributed by atoms with van der Waals surface area (Å²) in [5.74, 6) is 0. The van der Waals surface area contributed by atoms with Gasteiger partial charge < -0.3 is 5.32 Å². The van der Waals surface area contributed by atoms with Gasteiger partial charge in [0.1, 0.15) is 0 Å². The summed E-state index contributed by atoms with van der Waals surface area (Å²) in [5.41, 5.74) is 2.10. The maximum atomic E-state index is 3.94. The molecule has 1 saturated heterocycles. The third-order valence-electron chi connectivity index (χ3n) is 5.90. The average molecular weight is 305 g/mol. The van der Waals surface area contributed by atoms with Gasteiger partial charge in [-0.25, -0.2) is 0 Å². The second kappa shape index (κ2) is 6.02. The monoisotopic (exact) mass is 304 g/mol. The van der Waals surface area contributed by atoms with Crippen LogP contribution >= 0.6 is 11.3 Å². The Balaban J connectivity index is 1.57. The minimum atomic E-state index is 0.433. The van der Waals surface area contributed by atoms with Gasteiger partial charge in [-0.05, 0) is 62.1 Å². The summed E-state index contributed by atoms with van der Waals surface area (Å²) in [4.78, 5) is 4.51. The summed E-state index contributed by atoms with van der Waals surface area (Å²) in [6, 6.07) is 3.12. The highest BCUT2D eigenvalue weighted by atomic mass is 32.1. The second-order valence-corrected chi connectivity index (χ2v) is 8.30.